The minimum Gasteiger partial charge on any atom is -0.611 e. The van der Waals surface area contributed by atoms with Gasteiger partial charge in [-0.15, -0.1) is 0 Å². The average molecular weight is 317 g/mol. The number of methoxy groups -OCH3 is 1. The topological polar surface area (TPSA) is 81.0 Å². The van der Waals surface area contributed by atoms with Gasteiger partial charge in [-0.2, -0.15) is 0 Å². The van der Waals surface area contributed by atoms with Crippen LogP contribution in [0.25, 0.3) is 10.4 Å². The van der Waals surface area contributed by atoms with Crippen molar-refractivity contribution in [2.75, 3.05) is 26.2 Å². The molecular formula is C13H17F2N3O2S. The molecule has 1 aromatic carbocycles. The third-order valence-electron chi connectivity index (χ3n) is 2.90. The van der Waals surface area contributed by atoms with Gasteiger partial charge in [-0.05, 0) is 34.4 Å². The number of benzene rings is 1. The third kappa shape index (κ3) is 5.17. The fourth-order valence-corrected chi connectivity index (χ4v) is 2.91. The molecule has 0 aliphatic rings. The van der Waals surface area contributed by atoms with E-state index >= 15 is 0 Å². The molecule has 1 aromatic rings. The standard InChI is InChI=1S/C13H17F2N3O2S/c1-20-13(12(9-15)17-18-16)10-3-5-11(6-4-10)21(19)8-2-7-14/h3-6,12-13H,2,7-9H2,1H3/t12?,13-,21?/m1/s1. The first-order valence-corrected chi connectivity index (χ1v) is 7.67. The van der Waals surface area contributed by atoms with Gasteiger partial charge in [-0.3, -0.25) is 8.78 Å². The quantitative estimate of drug-likeness (QED) is 0.302. The maximum atomic E-state index is 12.9. The van der Waals surface area contributed by atoms with Gasteiger partial charge < -0.3 is 9.29 Å². The zero-order valence-corrected chi connectivity index (χ0v) is 12.4. The molecule has 8 heteroatoms. The lowest BCUT2D eigenvalue weighted by Crippen LogP contribution is -2.20. The van der Waals surface area contributed by atoms with Crippen LogP contribution in [0.15, 0.2) is 34.3 Å². The van der Waals surface area contributed by atoms with Crippen molar-refractivity contribution in [1.82, 2.24) is 0 Å². The monoisotopic (exact) mass is 317 g/mol. The summed E-state index contributed by atoms with van der Waals surface area (Å²) in [7, 11) is 1.40. The van der Waals surface area contributed by atoms with Crippen molar-refractivity contribution in [2.45, 2.75) is 23.5 Å². The molecule has 0 aromatic heterocycles. The minimum absolute atomic E-state index is 0.246. The number of azide groups is 1. The molecular weight excluding hydrogens is 300 g/mol. The summed E-state index contributed by atoms with van der Waals surface area (Å²) >= 11 is -1.26. The summed E-state index contributed by atoms with van der Waals surface area (Å²) in [5.74, 6) is 0.259. The average Bonchev–Trinajstić information content (AvgIpc) is 2.53. The van der Waals surface area contributed by atoms with E-state index in [9.17, 15) is 13.3 Å². The molecule has 0 saturated carbocycles. The Morgan fingerprint density at radius 1 is 1.38 bits per heavy atom. The smallest absolute Gasteiger partial charge is 0.152 e. The van der Waals surface area contributed by atoms with Crippen LogP contribution in [-0.4, -0.2) is 36.8 Å². The van der Waals surface area contributed by atoms with E-state index in [4.69, 9.17) is 10.3 Å². The van der Waals surface area contributed by atoms with Crippen LogP contribution in [0, 0.1) is 0 Å². The Balaban J connectivity index is 2.85. The van der Waals surface area contributed by atoms with Gasteiger partial charge in [0.15, 0.2) is 4.90 Å². The van der Waals surface area contributed by atoms with Crippen LogP contribution in [0.2, 0.25) is 0 Å². The minimum atomic E-state index is -1.26. The molecule has 0 N–H and O–H groups in total. The highest BCUT2D eigenvalue weighted by Gasteiger charge is 2.22. The van der Waals surface area contributed by atoms with E-state index in [1.165, 1.54) is 7.11 Å². The molecule has 0 bridgehead atoms. The highest BCUT2D eigenvalue weighted by atomic mass is 32.2. The van der Waals surface area contributed by atoms with Crippen LogP contribution < -0.4 is 0 Å². The van der Waals surface area contributed by atoms with E-state index in [1.54, 1.807) is 24.3 Å². The number of rotatable bonds is 9. The van der Waals surface area contributed by atoms with E-state index in [1.807, 2.05) is 0 Å². The number of alkyl halides is 2. The second-order valence-electron chi connectivity index (χ2n) is 4.24. The zero-order chi connectivity index (χ0) is 15.7. The van der Waals surface area contributed by atoms with Crippen LogP contribution in [-0.2, 0) is 15.9 Å². The molecule has 116 valence electrons. The summed E-state index contributed by atoms with van der Waals surface area (Å²) in [4.78, 5) is 3.17. The predicted molar refractivity (Wildman–Crippen MR) is 77.0 cm³/mol. The highest BCUT2D eigenvalue weighted by molar-refractivity contribution is 7.91. The van der Waals surface area contributed by atoms with Crippen LogP contribution in [0.5, 0.6) is 0 Å². The number of hydrogen-bond donors (Lipinski definition) is 0. The molecule has 0 heterocycles. The van der Waals surface area contributed by atoms with Gasteiger partial charge >= 0.3 is 0 Å². The fraction of sp³-hybridized carbons (Fsp3) is 0.538. The van der Waals surface area contributed by atoms with Crippen molar-refractivity contribution < 1.29 is 18.1 Å². The normalized spacial score (nSPS) is 15.0. The Labute approximate surface area is 125 Å². The molecule has 2 unspecified atom stereocenters. The molecule has 0 spiro atoms. The molecule has 5 nitrogen and oxygen atoms in total. The van der Waals surface area contributed by atoms with Gasteiger partial charge in [0, 0.05) is 18.4 Å². The van der Waals surface area contributed by atoms with Crippen molar-refractivity contribution >= 4 is 11.2 Å². The Bertz CT molecular complexity index is 469. The van der Waals surface area contributed by atoms with Gasteiger partial charge in [0.05, 0.1) is 18.8 Å². The zero-order valence-electron chi connectivity index (χ0n) is 11.6. The number of hydrogen-bond acceptors (Lipinski definition) is 3. The van der Waals surface area contributed by atoms with Crippen LogP contribution in [0.3, 0.4) is 0 Å². The van der Waals surface area contributed by atoms with Crippen molar-refractivity contribution in [2.24, 2.45) is 5.11 Å². The van der Waals surface area contributed by atoms with Crippen molar-refractivity contribution in [1.29, 1.82) is 0 Å². The summed E-state index contributed by atoms with van der Waals surface area (Å²) in [5.41, 5.74) is 9.05. The second kappa shape index (κ2) is 9.57. The lowest BCUT2D eigenvalue weighted by molar-refractivity contribution is 0.0721. The Hall–Kier alpha value is -1.34. The van der Waals surface area contributed by atoms with Crippen molar-refractivity contribution in [3.8, 4) is 0 Å². The van der Waals surface area contributed by atoms with Gasteiger partial charge in [0.1, 0.15) is 12.4 Å². The second-order valence-corrected chi connectivity index (χ2v) is 5.81. The molecule has 0 amide bonds. The van der Waals surface area contributed by atoms with E-state index < -0.39 is 36.7 Å². The first-order valence-electron chi connectivity index (χ1n) is 6.35. The molecule has 0 fully saturated rings. The van der Waals surface area contributed by atoms with E-state index in [0.717, 1.165) is 0 Å². The van der Waals surface area contributed by atoms with Gasteiger partial charge in [0.25, 0.3) is 0 Å². The van der Waals surface area contributed by atoms with Crippen LogP contribution >= 0.6 is 0 Å². The molecule has 3 atom stereocenters. The fourth-order valence-electron chi connectivity index (χ4n) is 1.87. The lowest BCUT2D eigenvalue weighted by Gasteiger charge is -2.20. The molecule has 1 rings (SSSR count). The molecule has 21 heavy (non-hydrogen) atoms. The van der Waals surface area contributed by atoms with Crippen molar-refractivity contribution in [3.05, 3.63) is 40.3 Å². The van der Waals surface area contributed by atoms with E-state index in [-0.39, 0.29) is 12.2 Å². The highest BCUT2D eigenvalue weighted by Crippen LogP contribution is 2.25. The first-order chi connectivity index (χ1) is 10.2. The number of ether oxygens (including phenoxy) is 1. The summed E-state index contributed by atoms with van der Waals surface area (Å²) in [6.07, 6.45) is -0.463. The summed E-state index contributed by atoms with van der Waals surface area (Å²) in [6.45, 7) is -1.34. The SMILES string of the molecule is CO[C@H](c1ccc([S+]([O-])CCCF)cc1)C(CF)N=[N+]=[N-]. The van der Waals surface area contributed by atoms with E-state index in [0.29, 0.717) is 10.5 Å². The van der Waals surface area contributed by atoms with Gasteiger partial charge in [-0.25, -0.2) is 0 Å². The summed E-state index contributed by atoms with van der Waals surface area (Å²) in [5, 5.41) is 3.37. The summed E-state index contributed by atoms with van der Waals surface area (Å²) < 4.78 is 42.0. The van der Waals surface area contributed by atoms with E-state index in [2.05, 4.69) is 10.0 Å². The number of halogens is 2. The lowest BCUT2D eigenvalue weighted by atomic mass is 10.0. The maximum Gasteiger partial charge on any atom is 0.152 e. The Morgan fingerprint density at radius 3 is 2.52 bits per heavy atom. The molecule has 0 radical (unpaired) electrons. The Morgan fingerprint density at radius 2 is 2.05 bits per heavy atom. The van der Waals surface area contributed by atoms with Crippen LogP contribution in [0.1, 0.15) is 18.1 Å². The van der Waals surface area contributed by atoms with Crippen LogP contribution in [0.4, 0.5) is 8.78 Å². The molecule has 0 aliphatic heterocycles. The largest absolute Gasteiger partial charge is 0.611 e. The maximum absolute atomic E-state index is 12.9. The first kappa shape index (κ1) is 17.7. The summed E-state index contributed by atoms with van der Waals surface area (Å²) in [6, 6.07) is 5.59. The molecule has 0 aliphatic carbocycles. The third-order valence-corrected chi connectivity index (χ3v) is 4.35. The van der Waals surface area contributed by atoms with Gasteiger partial charge in [0.2, 0.25) is 0 Å². The number of nitrogens with zero attached hydrogens (tertiary/aromatic N) is 3. The Kier molecular flexibility index (Phi) is 8.07. The van der Waals surface area contributed by atoms with Crippen molar-refractivity contribution in [3.63, 3.8) is 0 Å². The van der Waals surface area contributed by atoms with Gasteiger partial charge in [-0.1, -0.05) is 17.2 Å². The molecule has 0 saturated heterocycles. The predicted octanol–water partition coefficient (Wildman–Crippen LogP) is 3.49.